The molecule has 0 unspecified atom stereocenters. The SMILES string of the molecule is CCOc1nc(Nc2ccc(N3CCOCC3)cc2)c(C(=O)O)nc1Cl. The first-order valence-corrected chi connectivity index (χ1v) is 8.59. The average molecular weight is 379 g/mol. The third-order valence-corrected chi connectivity index (χ3v) is 4.06. The Kier molecular flexibility index (Phi) is 5.75. The lowest BCUT2D eigenvalue weighted by atomic mass is 10.2. The Hall–Kier alpha value is -2.58. The van der Waals surface area contributed by atoms with Crippen LogP contribution in [0, 0.1) is 0 Å². The molecule has 2 heterocycles. The number of morpholine rings is 1. The van der Waals surface area contributed by atoms with E-state index >= 15 is 0 Å². The smallest absolute Gasteiger partial charge is 0.358 e. The fourth-order valence-corrected chi connectivity index (χ4v) is 2.76. The molecule has 0 spiro atoms. The number of anilines is 3. The van der Waals surface area contributed by atoms with Crippen LogP contribution in [0.15, 0.2) is 24.3 Å². The summed E-state index contributed by atoms with van der Waals surface area (Å²) >= 11 is 5.93. The fourth-order valence-electron chi connectivity index (χ4n) is 2.58. The fraction of sp³-hybridized carbons (Fsp3) is 0.353. The van der Waals surface area contributed by atoms with E-state index in [1.165, 1.54) is 0 Å². The summed E-state index contributed by atoms with van der Waals surface area (Å²) in [6.07, 6.45) is 0. The Labute approximate surface area is 155 Å². The standard InChI is InChI=1S/C17H19ClN4O4/c1-2-26-16-14(18)20-13(17(23)24)15(21-16)19-11-3-5-12(6-4-11)22-7-9-25-10-8-22/h3-6H,2,7-10H2,1H3,(H,19,21)(H,23,24). The number of hydrogen-bond acceptors (Lipinski definition) is 7. The van der Waals surface area contributed by atoms with Gasteiger partial charge in [0, 0.05) is 24.5 Å². The van der Waals surface area contributed by atoms with E-state index in [0.29, 0.717) is 25.5 Å². The molecule has 3 rings (SSSR count). The van der Waals surface area contributed by atoms with Gasteiger partial charge >= 0.3 is 5.97 Å². The lowest BCUT2D eigenvalue weighted by molar-refractivity contribution is 0.0691. The number of aromatic nitrogens is 2. The third kappa shape index (κ3) is 4.14. The van der Waals surface area contributed by atoms with Crippen molar-refractivity contribution in [1.29, 1.82) is 0 Å². The van der Waals surface area contributed by atoms with E-state index in [2.05, 4.69) is 20.2 Å². The first-order chi connectivity index (χ1) is 12.6. The van der Waals surface area contributed by atoms with Crippen LogP contribution in [0.5, 0.6) is 5.88 Å². The van der Waals surface area contributed by atoms with Crippen molar-refractivity contribution in [1.82, 2.24) is 9.97 Å². The number of nitrogens with zero attached hydrogens (tertiary/aromatic N) is 3. The van der Waals surface area contributed by atoms with Gasteiger partial charge in [-0.05, 0) is 31.2 Å². The highest BCUT2D eigenvalue weighted by Crippen LogP contribution is 2.27. The molecule has 2 aromatic rings. The molecule has 9 heteroatoms. The number of carboxylic acid groups (broad SMARTS) is 1. The van der Waals surface area contributed by atoms with Gasteiger partial charge in [-0.15, -0.1) is 0 Å². The van der Waals surface area contributed by atoms with Crippen LogP contribution in [0.2, 0.25) is 5.15 Å². The average Bonchev–Trinajstić information content (AvgIpc) is 2.65. The Morgan fingerprint density at radius 3 is 2.62 bits per heavy atom. The van der Waals surface area contributed by atoms with Gasteiger partial charge in [0.15, 0.2) is 16.7 Å². The maximum atomic E-state index is 11.4. The molecule has 1 fully saturated rings. The molecule has 0 saturated carbocycles. The van der Waals surface area contributed by atoms with Gasteiger partial charge < -0.3 is 24.8 Å². The Morgan fingerprint density at radius 2 is 2.00 bits per heavy atom. The van der Waals surface area contributed by atoms with Gasteiger partial charge in [-0.2, -0.15) is 4.98 Å². The molecule has 1 aliphatic rings. The van der Waals surface area contributed by atoms with Crippen molar-refractivity contribution in [2.24, 2.45) is 0 Å². The molecular weight excluding hydrogens is 360 g/mol. The predicted octanol–water partition coefficient (Wildman–Crippen LogP) is 2.81. The molecule has 1 aromatic carbocycles. The van der Waals surface area contributed by atoms with E-state index < -0.39 is 5.97 Å². The van der Waals surface area contributed by atoms with Crippen LogP contribution in [0.4, 0.5) is 17.2 Å². The molecule has 1 saturated heterocycles. The van der Waals surface area contributed by atoms with Crippen LogP contribution in [0.1, 0.15) is 17.4 Å². The summed E-state index contributed by atoms with van der Waals surface area (Å²) in [6.45, 7) is 5.23. The number of carbonyl (C=O) groups is 1. The first-order valence-electron chi connectivity index (χ1n) is 8.22. The van der Waals surface area contributed by atoms with E-state index in [9.17, 15) is 9.90 Å². The summed E-state index contributed by atoms with van der Waals surface area (Å²) in [7, 11) is 0. The number of carboxylic acids is 1. The number of hydrogen-bond donors (Lipinski definition) is 2. The molecule has 1 aliphatic heterocycles. The van der Waals surface area contributed by atoms with Crippen molar-refractivity contribution in [2.45, 2.75) is 6.92 Å². The summed E-state index contributed by atoms with van der Waals surface area (Å²) in [5.74, 6) is -1.06. The summed E-state index contributed by atoms with van der Waals surface area (Å²) in [5, 5.41) is 12.2. The number of rotatable bonds is 6. The second-order valence-corrected chi connectivity index (χ2v) is 5.88. The third-order valence-electron chi connectivity index (χ3n) is 3.81. The zero-order chi connectivity index (χ0) is 18.5. The van der Waals surface area contributed by atoms with Crippen molar-refractivity contribution < 1.29 is 19.4 Å². The lowest BCUT2D eigenvalue weighted by Crippen LogP contribution is -2.36. The summed E-state index contributed by atoms with van der Waals surface area (Å²) in [5.41, 5.74) is 1.49. The summed E-state index contributed by atoms with van der Waals surface area (Å²) < 4.78 is 10.6. The van der Waals surface area contributed by atoms with Crippen LogP contribution in [-0.2, 0) is 4.74 Å². The number of halogens is 1. The number of nitrogens with one attached hydrogen (secondary N) is 1. The van der Waals surface area contributed by atoms with Gasteiger partial charge in [-0.1, -0.05) is 11.6 Å². The lowest BCUT2D eigenvalue weighted by Gasteiger charge is -2.28. The van der Waals surface area contributed by atoms with E-state index in [0.717, 1.165) is 18.8 Å². The van der Waals surface area contributed by atoms with Crippen molar-refractivity contribution >= 4 is 34.8 Å². The van der Waals surface area contributed by atoms with Gasteiger partial charge in [-0.3, -0.25) is 0 Å². The molecule has 0 amide bonds. The van der Waals surface area contributed by atoms with E-state index in [-0.39, 0.29) is 22.5 Å². The molecule has 0 atom stereocenters. The molecule has 0 bridgehead atoms. The van der Waals surface area contributed by atoms with Gasteiger partial charge in [0.05, 0.1) is 19.8 Å². The minimum Gasteiger partial charge on any atom is -0.476 e. The number of aromatic carboxylic acids is 1. The van der Waals surface area contributed by atoms with E-state index in [4.69, 9.17) is 21.1 Å². The summed E-state index contributed by atoms with van der Waals surface area (Å²) in [4.78, 5) is 21.7. The van der Waals surface area contributed by atoms with Crippen molar-refractivity contribution in [3.8, 4) is 5.88 Å². The van der Waals surface area contributed by atoms with Crippen LogP contribution < -0.4 is 15.0 Å². The van der Waals surface area contributed by atoms with Crippen LogP contribution >= 0.6 is 11.6 Å². The van der Waals surface area contributed by atoms with Gasteiger partial charge in [-0.25, -0.2) is 9.78 Å². The first kappa shape index (κ1) is 18.2. The monoisotopic (exact) mass is 378 g/mol. The molecule has 0 radical (unpaired) electrons. The topological polar surface area (TPSA) is 96.8 Å². The highest BCUT2D eigenvalue weighted by Gasteiger charge is 2.19. The number of benzene rings is 1. The van der Waals surface area contributed by atoms with Gasteiger partial charge in [0.2, 0.25) is 0 Å². The maximum Gasteiger partial charge on any atom is 0.358 e. The molecule has 26 heavy (non-hydrogen) atoms. The largest absolute Gasteiger partial charge is 0.476 e. The second kappa shape index (κ2) is 8.20. The Balaban J connectivity index is 1.83. The van der Waals surface area contributed by atoms with Crippen LogP contribution in [0.25, 0.3) is 0 Å². The van der Waals surface area contributed by atoms with Crippen molar-refractivity contribution in [3.63, 3.8) is 0 Å². The van der Waals surface area contributed by atoms with E-state index in [1.54, 1.807) is 6.92 Å². The van der Waals surface area contributed by atoms with Crippen molar-refractivity contribution in [3.05, 3.63) is 35.1 Å². The number of ether oxygens (including phenoxy) is 2. The molecule has 0 aliphatic carbocycles. The zero-order valence-corrected chi connectivity index (χ0v) is 15.0. The normalized spacial score (nSPS) is 14.2. The van der Waals surface area contributed by atoms with Gasteiger partial charge in [0.1, 0.15) is 0 Å². The maximum absolute atomic E-state index is 11.4. The van der Waals surface area contributed by atoms with Crippen LogP contribution in [-0.4, -0.2) is 54.0 Å². The molecule has 8 nitrogen and oxygen atoms in total. The highest BCUT2D eigenvalue weighted by atomic mass is 35.5. The Bertz CT molecular complexity index is 779. The van der Waals surface area contributed by atoms with Crippen molar-refractivity contribution in [2.75, 3.05) is 43.1 Å². The van der Waals surface area contributed by atoms with Gasteiger partial charge in [0.25, 0.3) is 5.88 Å². The molecule has 1 aromatic heterocycles. The minimum absolute atomic E-state index is 0.0736. The molecular formula is C17H19ClN4O4. The molecule has 138 valence electrons. The quantitative estimate of drug-likeness (QED) is 0.792. The highest BCUT2D eigenvalue weighted by molar-refractivity contribution is 6.30. The summed E-state index contributed by atoms with van der Waals surface area (Å²) in [6, 6.07) is 7.63. The Morgan fingerprint density at radius 1 is 1.31 bits per heavy atom. The predicted molar refractivity (Wildman–Crippen MR) is 97.9 cm³/mol. The zero-order valence-electron chi connectivity index (χ0n) is 14.2. The van der Waals surface area contributed by atoms with Crippen LogP contribution in [0.3, 0.4) is 0 Å². The second-order valence-electron chi connectivity index (χ2n) is 5.53. The molecule has 2 N–H and O–H groups in total. The minimum atomic E-state index is -1.23. The van der Waals surface area contributed by atoms with E-state index in [1.807, 2.05) is 24.3 Å².